The SMILES string of the molecule is Cn1c(=NC(=O)c2cnc3ccccn3c2=O)sc2ccccc21. The Morgan fingerprint density at radius 3 is 2.79 bits per heavy atom. The largest absolute Gasteiger partial charge is 0.319 e. The summed E-state index contributed by atoms with van der Waals surface area (Å²) in [7, 11) is 1.84. The molecule has 0 saturated heterocycles. The molecular weight excluding hydrogens is 324 g/mol. The van der Waals surface area contributed by atoms with E-state index in [4.69, 9.17) is 0 Å². The van der Waals surface area contributed by atoms with Gasteiger partial charge in [0, 0.05) is 19.4 Å². The molecule has 0 fully saturated rings. The van der Waals surface area contributed by atoms with E-state index in [0.717, 1.165) is 10.2 Å². The maximum absolute atomic E-state index is 12.5. The van der Waals surface area contributed by atoms with Crippen LogP contribution in [0.4, 0.5) is 0 Å². The van der Waals surface area contributed by atoms with Crippen LogP contribution in [0.1, 0.15) is 10.4 Å². The van der Waals surface area contributed by atoms with Crippen LogP contribution in [-0.2, 0) is 7.05 Å². The van der Waals surface area contributed by atoms with Gasteiger partial charge in [0.25, 0.3) is 11.5 Å². The first kappa shape index (κ1) is 14.5. The molecule has 7 heteroatoms. The second-order valence-electron chi connectivity index (χ2n) is 5.23. The van der Waals surface area contributed by atoms with Crippen LogP contribution in [0.2, 0.25) is 0 Å². The van der Waals surface area contributed by atoms with Crippen LogP contribution in [0.25, 0.3) is 15.9 Å². The summed E-state index contributed by atoms with van der Waals surface area (Å²) in [6.07, 6.45) is 2.87. The van der Waals surface area contributed by atoms with E-state index < -0.39 is 11.5 Å². The Bertz CT molecular complexity index is 1220. The molecule has 0 N–H and O–H groups in total. The molecule has 0 aliphatic heterocycles. The van der Waals surface area contributed by atoms with E-state index in [1.54, 1.807) is 24.4 Å². The Morgan fingerprint density at radius 1 is 1.17 bits per heavy atom. The van der Waals surface area contributed by atoms with Crippen LogP contribution >= 0.6 is 11.3 Å². The first-order valence-corrected chi connectivity index (χ1v) is 8.07. The van der Waals surface area contributed by atoms with E-state index in [2.05, 4.69) is 9.98 Å². The predicted octanol–water partition coefficient (Wildman–Crippen LogP) is 1.99. The summed E-state index contributed by atoms with van der Waals surface area (Å²) < 4.78 is 4.21. The number of carbonyl (C=O) groups is 1. The van der Waals surface area contributed by atoms with E-state index in [1.807, 2.05) is 35.9 Å². The monoisotopic (exact) mass is 336 g/mol. The van der Waals surface area contributed by atoms with Crippen molar-refractivity contribution in [2.24, 2.45) is 12.0 Å². The molecule has 24 heavy (non-hydrogen) atoms. The third-order valence-electron chi connectivity index (χ3n) is 3.76. The normalized spacial score (nSPS) is 12.1. The quantitative estimate of drug-likeness (QED) is 0.534. The zero-order valence-electron chi connectivity index (χ0n) is 12.7. The molecule has 1 aromatic carbocycles. The minimum Gasteiger partial charge on any atom is -0.319 e. The highest BCUT2D eigenvalue weighted by Gasteiger charge is 2.13. The van der Waals surface area contributed by atoms with Gasteiger partial charge in [-0.15, -0.1) is 0 Å². The number of benzene rings is 1. The Kier molecular flexibility index (Phi) is 3.35. The van der Waals surface area contributed by atoms with Gasteiger partial charge in [0.2, 0.25) is 0 Å². The standard InChI is InChI=1S/C17H12N4O2S/c1-20-12-6-2-3-7-13(12)24-17(20)19-15(22)11-10-18-14-8-4-5-9-21(14)16(11)23/h2-10H,1H3. The molecule has 0 radical (unpaired) electrons. The fraction of sp³-hybridized carbons (Fsp3) is 0.0588. The summed E-state index contributed by atoms with van der Waals surface area (Å²) in [6.45, 7) is 0. The number of hydrogen-bond acceptors (Lipinski definition) is 4. The molecule has 0 aliphatic carbocycles. The fourth-order valence-electron chi connectivity index (χ4n) is 2.51. The molecule has 3 aromatic heterocycles. The van der Waals surface area contributed by atoms with Crippen LogP contribution in [-0.4, -0.2) is 19.9 Å². The molecule has 0 saturated carbocycles. The number of hydrogen-bond donors (Lipinski definition) is 0. The molecule has 0 atom stereocenters. The number of fused-ring (bicyclic) bond motifs is 2. The van der Waals surface area contributed by atoms with Gasteiger partial charge in [0.1, 0.15) is 11.2 Å². The second-order valence-corrected chi connectivity index (χ2v) is 6.24. The lowest BCUT2D eigenvalue weighted by atomic mass is 10.3. The van der Waals surface area contributed by atoms with Crippen molar-refractivity contribution >= 4 is 33.1 Å². The lowest BCUT2D eigenvalue weighted by Gasteiger charge is -2.00. The fourth-order valence-corrected chi connectivity index (χ4v) is 3.53. The molecule has 118 valence electrons. The maximum Gasteiger partial charge on any atom is 0.286 e. The van der Waals surface area contributed by atoms with Gasteiger partial charge in [-0.2, -0.15) is 4.99 Å². The predicted molar refractivity (Wildman–Crippen MR) is 92.2 cm³/mol. The van der Waals surface area contributed by atoms with Crippen LogP contribution in [0.15, 0.2) is 64.6 Å². The third-order valence-corrected chi connectivity index (χ3v) is 4.87. The summed E-state index contributed by atoms with van der Waals surface area (Å²) in [5, 5.41) is 0. The smallest absolute Gasteiger partial charge is 0.286 e. The minimum absolute atomic E-state index is 0.0452. The van der Waals surface area contributed by atoms with Crippen molar-refractivity contribution in [3.63, 3.8) is 0 Å². The summed E-state index contributed by atoms with van der Waals surface area (Å²) in [6, 6.07) is 13.0. The number of thiazole rings is 1. The van der Waals surface area contributed by atoms with Gasteiger partial charge in [-0.3, -0.25) is 14.0 Å². The number of aromatic nitrogens is 3. The molecular formula is C17H12N4O2S. The highest BCUT2D eigenvalue weighted by molar-refractivity contribution is 7.16. The number of pyridine rings is 1. The highest BCUT2D eigenvalue weighted by Crippen LogP contribution is 2.15. The lowest BCUT2D eigenvalue weighted by molar-refractivity contribution is 0.0996. The van der Waals surface area contributed by atoms with Crippen molar-refractivity contribution in [2.75, 3.05) is 0 Å². The third kappa shape index (κ3) is 2.26. The van der Waals surface area contributed by atoms with Gasteiger partial charge < -0.3 is 4.57 Å². The zero-order chi connectivity index (χ0) is 16.7. The van der Waals surface area contributed by atoms with Crippen molar-refractivity contribution in [3.8, 4) is 0 Å². The van der Waals surface area contributed by atoms with Gasteiger partial charge in [0.05, 0.1) is 10.2 Å². The van der Waals surface area contributed by atoms with Crippen molar-refractivity contribution in [2.45, 2.75) is 0 Å². The zero-order valence-corrected chi connectivity index (χ0v) is 13.5. The van der Waals surface area contributed by atoms with Crippen molar-refractivity contribution in [3.05, 3.63) is 75.6 Å². The highest BCUT2D eigenvalue weighted by atomic mass is 32.1. The Balaban J connectivity index is 1.88. The molecule has 3 heterocycles. The Morgan fingerprint density at radius 2 is 1.96 bits per heavy atom. The van der Waals surface area contributed by atoms with Crippen LogP contribution in [0, 0.1) is 0 Å². The molecule has 4 rings (SSSR count). The number of rotatable bonds is 1. The number of aryl methyl sites for hydroxylation is 1. The number of amides is 1. The minimum atomic E-state index is -0.590. The topological polar surface area (TPSA) is 68.7 Å². The second kappa shape index (κ2) is 5.54. The van der Waals surface area contributed by atoms with Crippen molar-refractivity contribution in [1.82, 2.24) is 14.0 Å². The van der Waals surface area contributed by atoms with E-state index in [-0.39, 0.29) is 5.56 Å². The van der Waals surface area contributed by atoms with E-state index in [9.17, 15) is 9.59 Å². The first-order chi connectivity index (χ1) is 11.6. The Hall–Kier alpha value is -3.06. The van der Waals surface area contributed by atoms with E-state index in [0.29, 0.717) is 10.4 Å². The van der Waals surface area contributed by atoms with Crippen molar-refractivity contribution in [1.29, 1.82) is 0 Å². The van der Waals surface area contributed by atoms with E-state index in [1.165, 1.54) is 21.9 Å². The maximum atomic E-state index is 12.5. The molecule has 0 spiro atoms. The number of carbonyl (C=O) groups excluding carboxylic acids is 1. The molecule has 1 amide bonds. The summed E-state index contributed by atoms with van der Waals surface area (Å²) >= 11 is 1.40. The van der Waals surface area contributed by atoms with Crippen LogP contribution in [0.5, 0.6) is 0 Å². The van der Waals surface area contributed by atoms with Gasteiger partial charge in [-0.1, -0.05) is 29.5 Å². The van der Waals surface area contributed by atoms with Crippen LogP contribution in [0.3, 0.4) is 0 Å². The van der Waals surface area contributed by atoms with Gasteiger partial charge in [0.15, 0.2) is 4.80 Å². The Labute approximate surface area is 140 Å². The molecule has 4 aromatic rings. The lowest BCUT2D eigenvalue weighted by Crippen LogP contribution is -2.23. The van der Waals surface area contributed by atoms with Gasteiger partial charge >= 0.3 is 0 Å². The van der Waals surface area contributed by atoms with Crippen LogP contribution < -0.4 is 10.4 Å². The first-order valence-electron chi connectivity index (χ1n) is 7.25. The summed E-state index contributed by atoms with van der Waals surface area (Å²) in [4.78, 5) is 33.7. The van der Waals surface area contributed by atoms with E-state index >= 15 is 0 Å². The average molecular weight is 336 g/mol. The summed E-state index contributed by atoms with van der Waals surface area (Å²) in [5.74, 6) is -0.590. The average Bonchev–Trinajstić information content (AvgIpc) is 2.91. The molecule has 0 aliphatic rings. The summed E-state index contributed by atoms with van der Waals surface area (Å²) in [5.41, 5.74) is 1.02. The number of nitrogens with zero attached hydrogens (tertiary/aromatic N) is 4. The molecule has 6 nitrogen and oxygen atoms in total. The molecule has 0 unspecified atom stereocenters. The van der Waals surface area contributed by atoms with Gasteiger partial charge in [-0.05, 0) is 24.3 Å². The van der Waals surface area contributed by atoms with Crippen molar-refractivity contribution < 1.29 is 4.79 Å². The molecule has 0 bridgehead atoms. The van der Waals surface area contributed by atoms with Gasteiger partial charge in [-0.25, -0.2) is 4.98 Å². The number of para-hydroxylation sites is 1.